The Balaban J connectivity index is 2.10. The minimum Gasteiger partial charge on any atom is -0.383 e. The molecule has 1 aromatic carbocycles. The van der Waals surface area contributed by atoms with Crippen LogP contribution in [0, 0.1) is 6.92 Å². The first-order valence-electron chi connectivity index (χ1n) is 6.72. The molecule has 2 aromatic rings. The molecule has 112 valence electrons. The molecule has 21 heavy (non-hydrogen) atoms. The first kappa shape index (κ1) is 15.8. The summed E-state index contributed by atoms with van der Waals surface area (Å²) in [5, 5.41) is 3.94. The number of aromatic amines is 1. The second-order valence-electron chi connectivity index (χ2n) is 4.57. The summed E-state index contributed by atoms with van der Waals surface area (Å²) in [7, 11) is 1.69. The Morgan fingerprint density at radius 1 is 1.38 bits per heavy atom. The van der Waals surface area contributed by atoms with E-state index < -0.39 is 0 Å². The van der Waals surface area contributed by atoms with Gasteiger partial charge in [-0.2, -0.15) is 0 Å². The molecule has 0 unspecified atom stereocenters. The van der Waals surface area contributed by atoms with Gasteiger partial charge in [0.25, 0.3) is 5.56 Å². The molecule has 0 aliphatic heterocycles. The average Bonchev–Trinajstić information content (AvgIpc) is 2.44. The summed E-state index contributed by atoms with van der Waals surface area (Å²) in [5.74, 6) is 0. The third kappa shape index (κ3) is 5.00. The van der Waals surface area contributed by atoms with Crippen LogP contribution in [-0.2, 0) is 11.3 Å². The smallest absolute Gasteiger partial charge is 0.251 e. The number of aryl methyl sites for hydroxylation is 1. The van der Waals surface area contributed by atoms with E-state index in [0.717, 1.165) is 23.7 Å². The zero-order valence-electron chi connectivity index (χ0n) is 12.2. The van der Waals surface area contributed by atoms with Crippen LogP contribution in [0.1, 0.15) is 11.3 Å². The molecule has 0 fully saturated rings. The SMILES string of the molecule is COCCNCc1ccccc1Sc1nc(C)cc(=O)[nH]1. The van der Waals surface area contributed by atoms with Gasteiger partial charge < -0.3 is 15.0 Å². The Morgan fingerprint density at radius 3 is 2.95 bits per heavy atom. The third-order valence-corrected chi connectivity index (χ3v) is 3.83. The van der Waals surface area contributed by atoms with Crippen LogP contribution >= 0.6 is 11.8 Å². The minimum absolute atomic E-state index is 0.124. The molecule has 0 aliphatic rings. The second-order valence-corrected chi connectivity index (χ2v) is 5.60. The standard InChI is InChI=1S/C15H19N3O2S/c1-11-9-14(19)18-15(17-11)21-13-6-4-3-5-12(13)10-16-7-8-20-2/h3-6,9,16H,7-8,10H2,1-2H3,(H,17,18,19). The van der Waals surface area contributed by atoms with Crippen molar-refractivity contribution in [2.24, 2.45) is 0 Å². The van der Waals surface area contributed by atoms with Gasteiger partial charge in [0.1, 0.15) is 0 Å². The van der Waals surface area contributed by atoms with E-state index >= 15 is 0 Å². The van der Waals surface area contributed by atoms with Crippen molar-refractivity contribution in [3.8, 4) is 0 Å². The number of methoxy groups -OCH3 is 1. The van der Waals surface area contributed by atoms with Crippen LogP contribution in [-0.4, -0.2) is 30.2 Å². The van der Waals surface area contributed by atoms with E-state index in [9.17, 15) is 4.79 Å². The number of ether oxygens (including phenoxy) is 1. The fraction of sp³-hybridized carbons (Fsp3) is 0.333. The van der Waals surface area contributed by atoms with Gasteiger partial charge in [0.05, 0.1) is 6.61 Å². The van der Waals surface area contributed by atoms with Crippen LogP contribution in [0.4, 0.5) is 0 Å². The Bertz CT molecular complexity index is 643. The number of hydrogen-bond acceptors (Lipinski definition) is 5. The van der Waals surface area contributed by atoms with Gasteiger partial charge in [-0.3, -0.25) is 4.79 Å². The van der Waals surface area contributed by atoms with Gasteiger partial charge >= 0.3 is 0 Å². The fourth-order valence-electron chi connectivity index (χ4n) is 1.85. The number of aromatic nitrogens is 2. The van der Waals surface area contributed by atoms with E-state index in [-0.39, 0.29) is 5.56 Å². The molecule has 0 amide bonds. The largest absolute Gasteiger partial charge is 0.383 e. The molecule has 0 saturated heterocycles. The van der Waals surface area contributed by atoms with Crippen LogP contribution in [0.25, 0.3) is 0 Å². The number of nitrogens with one attached hydrogen (secondary N) is 2. The zero-order chi connectivity index (χ0) is 15.1. The van der Waals surface area contributed by atoms with Crippen molar-refractivity contribution in [3.63, 3.8) is 0 Å². The van der Waals surface area contributed by atoms with E-state index in [1.165, 1.54) is 23.4 Å². The summed E-state index contributed by atoms with van der Waals surface area (Å²) >= 11 is 1.47. The van der Waals surface area contributed by atoms with Crippen molar-refractivity contribution < 1.29 is 4.74 Å². The Morgan fingerprint density at radius 2 is 2.19 bits per heavy atom. The molecule has 2 rings (SSSR count). The zero-order valence-corrected chi connectivity index (χ0v) is 13.0. The molecular weight excluding hydrogens is 286 g/mol. The molecule has 0 aliphatic carbocycles. The van der Waals surface area contributed by atoms with Crippen molar-refractivity contribution in [1.82, 2.24) is 15.3 Å². The van der Waals surface area contributed by atoms with Gasteiger partial charge in [-0.25, -0.2) is 4.98 Å². The lowest BCUT2D eigenvalue weighted by molar-refractivity contribution is 0.199. The highest BCUT2D eigenvalue weighted by molar-refractivity contribution is 7.99. The lowest BCUT2D eigenvalue weighted by Gasteiger charge is -2.09. The van der Waals surface area contributed by atoms with E-state index in [0.29, 0.717) is 11.8 Å². The molecular formula is C15H19N3O2S. The predicted octanol–water partition coefficient (Wildman–Crippen LogP) is 1.97. The first-order valence-corrected chi connectivity index (χ1v) is 7.54. The molecule has 0 atom stereocenters. The summed E-state index contributed by atoms with van der Waals surface area (Å²) in [6.07, 6.45) is 0. The van der Waals surface area contributed by atoms with Crippen molar-refractivity contribution in [3.05, 3.63) is 51.9 Å². The van der Waals surface area contributed by atoms with Crippen molar-refractivity contribution in [1.29, 1.82) is 0 Å². The highest BCUT2D eigenvalue weighted by atomic mass is 32.2. The van der Waals surface area contributed by atoms with Crippen LogP contribution in [0.15, 0.2) is 45.2 Å². The van der Waals surface area contributed by atoms with Gasteiger partial charge in [-0.1, -0.05) is 30.0 Å². The van der Waals surface area contributed by atoms with E-state index in [2.05, 4.69) is 21.4 Å². The summed E-state index contributed by atoms with van der Waals surface area (Å²) in [4.78, 5) is 19.7. The highest BCUT2D eigenvalue weighted by Gasteiger charge is 2.06. The van der Waals surface area contributed by atoms with Crippen LogP contribution < -0.4 is 10.9 Å². The maximum atomic E-state index is 11.5. The minimum atomic E-state index is -0.124. The number of benzene rings is 1. The molecule has 1 heterocycles. The number of H-pyrrole nitrogens is 1. The summed E-state index contributed by atoms with van der Waals surface area (Å²) in [6.45, 7) is 4.05. The first-order chi connectivity index (χ1) is 10.2. The molecule has 0 spiro atoms. The van der Waals surface area contributed by atoms with Gasteiger partial charge in [0.2, 0.25) is 0 Å². The quantitative estimate of drug-likeness (QED) is 0.605. The van der Waals surface area contributed by atoms with Gasteiger partial charge in [0.15, 0.2) is 5.16 Å². The van der Waals surface area contributed by atoms with E-state index in [1.54, 1.807) is 7.11 Å². The van der Waals surface area contributed by atoms with Crippen molar-refractivity contribution in [2.75, 3.05) is 20.3 Å². The summed E-state index contributed by atoms with van der Waals surface area (Å²) < 4.78 is 5.01. The van der Waals surface area contributed by atoms with Crippen molar-refractivity contribution >= 4 is 11.8 Å². The molecule has 0 bridgehead atoms. The number of rotatable bonds is 7. The van der Waals surface area contributed by atoms with Gasteiger partial charge in [-0.15, -0.1) is 0 Å². The molecule has 0 radical (unpaired) electrons. The topological polar surface area (TPSA) is 67.0 Å². The van der Waals surface area contributed by atoms with Gasteiger partial charge in [0, 0.05) is 36.9 Å². The number of nitrogens with zero attached hydrogens (tertiary/aromatic N) is 1. The van der Waals surface area contributed by atoms with Crippen molar-refractivity contribution in [2.45, 2.75) is 23.5 Å². The summed E-state index contributed by atoms with van der Waals surface area (Å²) in [6, 6.07) is 9.57. The summed E-state index contributed by atoms with van der Waals surface area (Å²) in [5.41, 5.74) is 1.76. The Kier molecular flexibility index (Phi) is 5.98. The van der Waals surface area contributed by atoms with E-state index in [1.807, 2.05) is 25.1 Å². The molecule has 1 aromatic heterocycles. The lowest BCUT2D eigenvalue weighted by Crippen LogP contribution is -2.18. The number of hydrogen-bond donors (Lipinski definition) is 2. The predicted molar refractivity (Wildman–Crippen MR) is 83.7 cm³/mol. The van der Waals surface area contributed by atoms with E-state index in [4.69, 9.17) is 4.74 Å². The molecule has 0 saturated carbocycles. The van der Waals surface area contributed by atoms with Crippen LogP contribution in [0.3, 0.4) is 0 Å². The molecule has 6 heteroatoms. The Hall–Kier alpha value is -1.63. The third-order valence-electron chi connectivity index (χ3n) is 2.83. The second kappa shape index (κ2) is 7.97. The molecule has 2 N–H and O–H groups in total. The highest BCUT2D eigenvalue weighted by Crippen LogP contribution is 2.27. The normalized spacial score (nSPS) is 10.8. The van der Waals surface area contributed by atoms with Crippen LogP contribution in [0.2, 0.25) is 0 Å². The van der Waals surface area contributed by atoms with Gasteiger partial charge in [-0.05, 0) is 18.6 Å². The van der Waals surface area contributed by atoms with Crippen LogP contribution in [0.5, 0.6) is 0 Å². The maximum absolute atomic E-state index is 11.5. The maximum Gasteiger partial charge on any atom is 0.251 e. The fourth-order valence-corrected chi connectivity index (χ4v) is 2.82. The Labute approximate surface area is 128 Å². The lowest BCUT2D eigenvalue weighted by atomic mass is 10.2. The average molecular weight is 305 g/mol. The molecule has 5 nitrogen and oxygen atoms in total. The monoisotopic (exact) mass is 305 g/mol.